The first-order valence-corrected chi connectivity index (χ1v) is 16.5. The van der Waals surface area contributed by atoms with Gasteiger partial charge in [-0.15, -0.1) is 0 Å². The third kappa shape index (κ3) is 5.01. The fourth-order valence-corrected chi connectivity index (χ4v) is 8.65. The van der Waals surface area contributed by atoms with Crippen molar-refractivity contribution in [2.75, 3.05) is 12.5 Å². The lowest BCUT2D eigenvalue weighted by Gasteiger charge is -2.50. The Hall–Kier alpha value is -4.95. The Morgan fingerprint density at radius 1 is 1.04 bits per heavy atom. The van der Waals surface area contributed by atoms with Gasteiger partial charge in [0.05, 0.1) is 40.9 Å². The number of aryl methyl sites for hydroxylation is 1. The van der Waals surface area contributed by atoms with Crippen molar-refractivity contribution < 1.29 is 47.0 Å². The van der Waals surface area contributed by atoms with E-state index in [4.69, 9.17) is 27.9 Å². The number of carbonyl (C=O) groups excluding carboxylic acids is 5. The lowest BCUT2D eigenvalue weighted by atomic mass is 9.49. The molecule has 6 atom stereocenters. The molecular formula is C35H27Cl2F3N4O7. The number of ether oxygens (including phenoxy) is 1. The zero-order chi connectivity index (χ0) is 36.7. The molecule has 3 heterocycles. The van der Waals surface area contributed by atoms with E-state index in [2.05, 4.69) is 10.4 Å². The fourth-order valence-electron chi connectivity index (χ4n) is 8.31. The van der Waals surface area contributed by atoms with Gasteiger partial charge in [-0.1, -0.05) is 65.2 Å². The molecule has 16 heteroatoms. The van der Waals surface area contributed by atoms with Crippen molar-refractivity contribution >= 4 is 58.7 Å². The first-order chi connectivity index (χ1) is 24.1. The highest BCUT2D eigenvalue weighted by Crippen LogP contribution is 2.65. The molecule has 2 saturated heterocycles. The number of para-hydroxylation sites is 1. The number of phenolic OH excluding ortho intramolecular Hbond substituents is 1. The van der Waals surface area contributed by atoms with Gasteiger partial charge in [0.15, 0.2) is 5.82 Å². The van der Waals surface area contributed by atoms with Gasteiger partial charge in [-0.3, -0.25) is 24.6 Å². The van der Waals surface area contributed by atoms with Crippen LogP contribution in [0.2, 0.25) is 10.0 Å². The van der Waals surface area contributed by atoms with Crippen LogP contribution in [-0.2, 0) is 35.5 Å². The third-order valence-corrected chi connectivity index (χ3v) is 11.0. The highest BCUT2D eigenvalue weighted by Gasteiger charge is 2.71. The van der Waals surface area contributed by atoms with Crippen LogP contribution in [0.15, 0.2) is 66.4 Å². The molecule has 51 heavy (non-hydrogen) atoms. The Bertz CT molecular complexity index is 2070. The Balaban J connectivity index is 1.45. The van der Waals surface area contributed by atoms with Crippen LogP contribution in [-0.4, -0.2) is 56.8 Å². The largest absolute Gasteiger partial charge is 0.507 e. The Labute approximate surface area is 297 Å². The number of halogens is 5. The predicted octanol–water partition coefficient (Wildman–Crippen LogP) is 6.17. The quantitative estimate of drug-likeness (QED) is 0.237. The van der Waals surface area contributed by atoms with Gasteiger partial charge in [0.2, 0.25) is 11.8 Å². The number of pyridine rings is 1. The Morgan fingerprint density at radius 2 is 1.75 bits per heavy atom. The molecule has 5 amide bonds. The average molecular weight is 744 g/mol. The van der Waals surface area contributed by atoms with Crippen LogP contribution >= 0.6 is 23.2 Å². The number of nitrogens with zero attached hydrogens (tertiary/aromatic N) is 3. The van der Waals surface area contributed by atoms with E-state index < -0.39 is 87.3 Å². The maximum Gasteiger partial charge on any atom is 0.423 e. The zero-order valence-electron chi connectivity index (χ0n) is 26.7. The van der Waals surface area contributed by atoms with Crippen LogP contribution < -0.4 is 5.43 Å². The van der Waals surface area contributed by atoms with Gasteiger partial charge < -0.3 is 9.84 Å². The number of aromatic hydroxyl groups is 1. The number of benzene rings is 2. The minimum Gasteiger partial charge on any atom is -0.507 e. The van der Waals surface area contributed by atoms with E-state index in [9.17, 15) is 37.5 Å². The minimum atomic E-state index is -4.77. The van der Waals surface area contributed by atoms with E-state index in [0.717, 1.165) is 7.11 Å². The predicted molar refractivity (Wildman–Crippen MR) is 174 cm³/mol. The topological polar surface area (TPSA) is 146 Å². The van der Waals surface area contributed by atoms with E-state index in [1.54, 1.807) is 43.3 Å². The first kappa shape index (κ1) is 34.5. The SMILES string of the molecule is COC(=O)N1C(=O)C2CC=C3C(CC4C(=O)N(Nc5ncc(C(F)(F)F)cc5Cl)C(=O)C4(c4ccc(Cl)cc4)C3c3cccc(C)c3O)C2C1=O. The number of hydrogen-bond acceptors (Lipinski definition) is 9. The number of allylic oxidation sites excluding steroid dienone is 2. The molecule has 0 spiro atoms. The number of likely N-dealkylation sites (tertiary alicyclic amines) is 1. The van der Waals surface area contributed by atoms with E-state index in [1.807, 2.05) is 0 Å². The van der Waals surface area contributed by atoms with E-state index >= 15 is 4.79 Å². The van der Waals surface area contributed by atoms with Crippen molar-refractivity contribution in [1.82, 2.24) is 14.9 Å². The van der Waals surface area contributed by atoms with Crippen LogP contribution in [0.3, 0.4) is 0 Å². The van der Waals surface area contributed by atoms with Gasteiger partial charge in [-0.05, 0) is 55.0 Å². The molecule has 3 fully saturated rings. The van der Waals surface area contributed by atoms with Crippen molar-refractivity contribution in [3.63, 3.8) is 0 Å². The maximum absolute atomic E-state index is 15.1. The molecule has 2 aliphatic carbocycles. The number of amides is 5. The molecule has 2 N–H and O–H groups in total. The van der Waals surface area contributed by atoms with Gasteiger partial charge in [0, 0.05) is 22.7 Å². The van der Waals surface area contributed by atoms with Gasteiger partial charge in [-0.25, -0.2) is 9.78 Å². The summed E-state index contributed by atoms with van der Waals surface area (Å²) in [5, 5.41) is 12.0. The summed E-state index contributed by atoms with van der Waals surface area (Å²) in [4.78, 5) is 73.9. The molecule has 2 aliphatic heterocycles. The number of carbonyl (C=O) groups is 5. The summed E-state index contributed by atoms with van der Waals surface area (Å²) in [5.41, 5.74) is 1.07. The first-order valence-electron chi connectivity index (χ1n) is 15.7. The van der Waals surface area contributed by atoms with Gasteiger partial charge in [0.25, 0.3) is 11.8 Å². The average Bonchev–Trinajstić information content (AvgIpc) is 3.47. The van der Waals surface area contributed by atoms with E-state index in [0.29, 0.717) is 43.9 Å². The molecular weight excluding hydrogens is 716 g/mol. The molecule has 4 aliphatic rings. The standard InChI is InChI=1S/C35H27Cl2F3N4O7/c1-15-4-3-5-21(27(15)45)26-19-10-11-20-25(31(48)43(29(20)46)33(50)51-2)22(19)13-23-30(47)44(32(49)34(23,26)16-6-8-18(36)9-7-16)42-28-24(37)12-17(14-41-28)35(38,39)40/h3-10,12,14,20,22-23,25-26,45H,11,13H2,1-2H3,(H,41,42). The normalized spacial score (nSPS) is 27.2. The number of anilines is 1. The van der Waals surface area contributed by atoms with Crippen molar-refractivity contribution in [3.05, 3.63) is 98.7 Å². The van der Waals surface area contributed by atoms with Gasteiger partial charge in [-0.2, -0.15) is 23.1 Å². The summed E-state index contributed by atoms with van der Waals surface area (Å²) < 4.78 is 44.9. The molecule has 11 nitrogen and oxygen atoms in total. The number of fused-ring (bicyclic) bond motifs is 4. The number of hydrazine groups is 1. The van der Waals surface area contributed by atoms with Crippen molar-refractivity contribution in [1.29, 1.82) is 0 Å². The van der Waals surface area contributed by atoms with Crippen molar-refractivity contribution in [2.24, 2.45) is 23.7 Å². The number of rotatable bonds is 4. The van der Waals surface area contributed by atoms with Gasteiger partial charge in [0.1, 0.15) is 5.75 Å². The number of phenols is 1. The fraction of sp³-hybridized carbons (Fsp3) is 0.314. The second-order valence-electron chi connectivity index (χ2n) is 12.9. The zero-order valence-corrected chi connectivity index (χ0v) is 28.2. The van der Waals surface area contributed by atoms with E-state index in [1.165, 1.54) is 12.1 Å². The molecule has 3 aromatic rings. The summed E-state index contributed by atoms with van der Waals surface area (Å²) >= 11 is 12.5. The van der Waals surface area contributed by atoms with Gasteiger partial charge >= 0.3 is 12.3 Å². The molecule has 1 saturated carbocycles. The second-order valence-corrected chi connectivity index (χ2v) is 13.8. The monoisotopic (exact) mass is 742 g/mol. The number of nitrogens with one attached hydrogen (secondary N) is 1. The minimum absolute atomic E-state index is 0.00813. The van der Waals surface area contributed by atoms with Crippen molar-refractivity contribution in [3.8, 4) is 5.75 Å². The number of hydrogen-bond donors (Lipinski definition) is 2. The summed E-state index contributed by atoms with van der Waals surface area (Å²) in [6.07, 6.45) is -3.85. The third-order valence-electron chi connectivity index (χ3n) is 10.5. The smallest absolute Gasteiger partial charge is 0.423 e. The van der Waals surface area contributed by atoms with Crippen LogP contribution in [0.1, 0.15) is 41.0 Å². The number of imide groups is 4. The van der Waals surface area contributed by atoms with E-state index in [-0.39, 0.29) is 24.2 Å². The van der Waals surface area contributed by atoms with Crippen LogP contribution in [0.5, 0.6) is 5.75 Å². The molecule has 264 valence electrons. The number of alkyl halides is 3. The molecule has 7 rings (SSSR count). The second kappa shape index (κ2) is 12.1. The highest BCUT2D eigenvalue weighted by atomic mass is 35.5. The molecule has 1 aromatic heterocycles. The highest BCUT2D eigenvalue weighted by molar-refractivity contribution is 6.33. The molecule has 0 bridgehead atoms. The molecule has 2 aromatic carbocycles. The van der Waals surface area contributed by atoms with Crippen molar-refractivity contribution in [2.45, 2.75) is 37.3 Å². The summed E-state index contributed by atoms with van der Waals surface area (Å²) in [6.45, 7) is 1.65. The van der Waals surface area contributed by atoms with Crippen LogP contribution in [0, 0.1) is 30.6 Å². The Kier molecular flexibility index (Phi) is 8.17. The Morgan fingerprint density at radius 3 is 2.39 bits per heavy atom. The lowest BCUT2D eigenvalue weighted by molar-refractivity contribution is -0.140. The summed E-state index contributed by atoms with van der Waals surface area (Å²) in [7, 11) is 1.04. The molecule has 6 unspecified atom stereocenters. The number of methoxy groups -OCH3 is 1. The van der Waals surface area contributed by atoms with Crippen LogP contribution in [0.4, 0.5) is 23.8 Å². The van der Waals surface area contributed by atoms with Crippen LogP contribution in [0.25, 0.3) is 0 Å². The summed E-state index contributed by atoms with van der Waals surface area (Å²) in [5.74, 6) is -9.16. The lowest BCUT2D eigenvalue weighted by Crippen LogP contribution is -2.53. The summed E-state index contributed by atoms with van der Waals surface area (Å²) in [6, 6.07) is 11.7. The maximum atomic E-state index is 15.1. The molecule has 0 radical (unpaired) electrons. The number of aromatic nitrogens is 1.